The number of carbonyl (C=O) groups is 1. The molecule has 0 saturated heterocycles. The Balaban J connectivity index is 1.67. The van der Waals surface area contributed by atoms with Gasteiger partial charge in [-0.05, 0) is 50.7 Å². The van der Waals surface area contributed by atoms with Crippen LogP contribution in [0.2, 0.25) is 0 Å². The van der Waals surface area contributed by atoms with Gasteiger partial charge in [0.25, 0.3) is 5.91 Å². The van der Waals surface area contributed by atoms with E-state index >= 15 is 0 Å². The number of hydrogen-bond donors (Lipinski definition) is 1. The van der Waals surface area contributed by atoms with Crippen LogP contribution in [0.5, 0.6) is 0 Å². The molecule has 0 aromatic carbocycles. The van der Waals surface area contributed by atoms with Gasteiger partial charge in [0.15, 0.2) is 10.8 Å². The largest absolute Gasteiger partial charge is 0.459 e. The van der Waals surface area contributed by atoms with E-state index in [2.05, 4.69) is 4.98 Å². The first-order valence-corrected chi connectivity index (χ1v) is 8.86. The van der Waals surface area contributed by atoms with Gasteiger partial charge in [-0.2, -0.15) is 0 Å². The fourth-order valence-electron chi connectivity index (χ4n) is 3.10. The van der Waals surface area contributed by atoms with Gasteiger partial charge in [-0.15, -0.1) is 11.3 Å². The number of aliphatic hydroxyl groups is 1. The number of hydrogen-bond acceptors (Lipinski definition) is 5. The lowest BCUT2D eigenvalue weighted by Gasteiger charge is -2.33. The molecule has 6 heteroatoms. The van der Waals surface area contributed by atoms with Crippen molar-refractivity contribution in [2.75, 3.05) is 13.7 Å². The first-order valence-electron chi connectivity index (χ1n) is 7.99. The highest BCUT2D eigenvalue weighted by Crippen LogP contribution is 2.29. The first kappa shape index (κ1) is 16.2. The monoisotopic (exact) mass is 334 g/mol. The van der Waals surface area contributed by atoms with Gasteiger partial charge in [0.05, 0.1) is 0 Å². The van der Waals surface area contributed by atoms with Crippen molar-refractivity contribution < 1.29 is 14.3 Å². The van der Waals surface area contributed by atoms with Gasteiger partial charge in [-0.1, -0.05) is 0 Å². The van der Waals surface area contributed by atoms with E-state index in [0.29, 0.717) is 17.4 Å². The predicted molar refractivity (Wildman–Crippen MR) is 89.5 cm³/mol. The molecule has 1 aliphatic carbocycles. The van der Waals surface area contributed by atoms with E-state index in [-0.39, 0.29) is 18.6 Å². The summed E-state index contributed by atoms with van der Waals surface area (Å²) in [5.41, 5.74) is 0.478. The average Bonchev–Trinajstić information content (AvgIpc) is 3.22. The van der Waals surface area contributed by atoms with Crippen molar-refractivity contribution in [3.63, 3.8) is 0 Å². The van der Waals surface area contributed by atoms with Gasteiger partial charge in [0.1, 0.15) is 11.5 Å². The Kier molecular flexibility index (Phi) is 4.82. The summed E-state index contributed by atoms with van der Waals surface area (Å²) in [5.74, 6) is 1.89. The predicted octanol–water partition coefficient (Wildman–Crippen LogP) is 3.33. The molecule has 2 heterocycles. The fraction of sp³-hybridized carbons (Fsp3) is 0.529. The summed E-state index contributed by atoms with van der Waals surface area (Å²) in [5, 5.41) is 11.7. The topological polar surface area (TPSA) is 66.6 Å². The van der Waals surface area contributed by atoms with Gasteiger partial charge in [-0.25, -0.2) is 4.98 Å². The van der Waals surface area contributed by atoms with E-state index in [1.807, 2.05) is 26.1 Å². The zero-order valence-corrected chi connectivity index (χ0v) is 14.3. The molecule has 1 amide bonds. The highest BCUT2D eigenvalue weighted by atomic mass is 32.1. The zero-order chi connectivity index (χ0) is 16.4. The van der Waals surface area contributed by atoms with Crippen LogP contribution < -0.4 is 0 Å². The van der Waals surface area contributed by atoms with Crippen molar-refractivity contribution in [3.8, 4) is 10.8 Å². The maximum absolute atomic E-state index is 12.6. The third-order valence-corrected chi connectivity index (χ3v) is 5.47. The summed E-state index contributed by atoms with van der Waals surface area (Å²) < 4.78 is 5.56. The number of aromatic nitrogens is 1. The molecule has 23 heavy (non-hydrogen) atoms. The number of aliphatic hydroxyl groups excluding tert-OH is 1. The number of thiazole rings is 1. The van der Waals surface area contributed by atoms with E-state index in [1.165, 1.54) is 11.3 Å². The molecule has 3 rings (SSSR count). The van der Waals surface area contributed by atoms with E-state index < -0.39 is 0 Å². The van der Waals surface area contributed by atoms with Gasteiger partial charge < -0.3 is 14.4 Å². The summed E-state index contributed by atoms with van der Waals surface area (Å²) in [6.45, 7) is 2.14. The van der Waals surface area contributed by atoms with Crippen LogP contribution in [-0.4, -0.2) is 40.6 Å². The van der Waals surface area contributed by atoms with Crippen LogP contribution in [0.3, 0.4) is 0 Å². The lowest BCUT2D eigenvalue weighted by atomic mass is 9.86. The molecular weight excluding hydrogens is 312 g/mol. The number of rotatable bonds is 4. The lowest BCUT2D eigenvalue weighted by molar-refractivity contribution is 0.0648. The molecule has 0 atom stereocenters. The van der Waals surface area contributed by atoms with Crippen molar-refractivity contribution >= 4 is 17.2 Å². The van der Waals surface area contributed by atoms with Crippen molar-refractivity contribution in [3.05, 3.63) is 29.0 Å². The molecule has 5 nitrogen and oxygen atoms in total. The second kappa shape index (κ2) is 6.84. The minimum absolute atomic E-state index is 0.0387. The summed E-state index contributed by atoms with van der Waals surface area (Å²) in [4.78, 5) is 18.9. The van der Waals surface area contributed by atoms with E-state index in [1.54, 1.807) is 10.3 Å². The number of aryl methyl sites for hydroxylation is 1. The maximum atomic E-state index is 12.6. The van der Waals surface area contributed by atoms with E-state index in [9.17, 15) is 9.90 Å². The zero-order valence-electron chi connectivity index (χ0n) is 13.5. The Bertz CT molecular complexity index is 671. The molecule has 2 aromatic rings. The molecule has 0 bridgehead atoms. The molecular formula is C17H22N2O3S. The quantitative estimate of drug-likeness (QED) is 0.931. The summed E-state index contributed by atoms with van der Waals surface area (Å²) in [7, 11) is 1.85. The average molecular weight is 334 g/mol. The van der Waals surface area contributed by atoms with E-state index in [4.69, 9.17) is 4.42 Å². The van der Waals surface area contributed by atoms with Crippen LogP contribution in [0.1, 0.15) is 41.9 Å². The van der Waals surface area contributed by atoms with Gasteiger partial charge in [0, 0.05) is 25.1 Å². The Morgan fingerprint density at radius 1 is 1.39 bits per heavy atom. The molecule has 1 saturated carbocycles. The van der Waals surface area contributed by atoms with Gasteiger partial charge in [-0.3, -0.25) is 4.79 Å². The summed E-state index contributed by atoms with van der Waals surface area (Å²) in [6.07, 6.45) is 3.85. The number of furan rings is 1. The first-order chi connectivity index (χ1) is 11.1. The summed E-state index contributed by atoms with van der Waals surface area (Å²) in [6, 6.07) is 4.01. The van der Waals surface area contributed by atoms with E-state index in [0.717, 1.165) is 36.5 Å². The minimum Gasteiger partial charge on any atom is -0.459 e. The van der Waals surface area contributed by atoms with Crippen molar-refractivity contribution in [2.24, 2.45) is 5.92 Å². The number of nitrogens with zero attached hydrogens (tertiary/aromatic N) is 2. The highest BCUT2D eigenvalue weighted by molar-refractivity contribution is 7.13. The molecule has 2 aromatic heterocycles. The second-order valence-electron chi connectivity index (χ2n) is 6.22. The van der Waals surface area contributed by atoms with Crippen molar-refractivity contribution in [2.45, 2.75) is 38.6 Å². The Labute approximate surface area is 140 Å². The minimum atomic E-state index is -0.0387. The van der Waals surface area contributed by atoms with Crippen LogP contribution in [0, 0.1) is 12.8 Å². The van der Waals surface area contributed by atoms with Crippen molar-refractivity contribution in [1.29, 1.82) is 0 Å². The smallest absolute Gasteiger partial charge is 0.273 e. The van der Waals surface area contributed by atoms with Crippen LogP contribution in [-0.2, 0) is 0 Å². The van der Waals surface area contributed by atoms with Gasteiger partial charge in [0.2, 0.25) is 0 Å². The second-order valence-corrected chi connectivity index (χ2v) is 7.08. The Morgan fingerprint density at radius 3 is 2.74 bits per heavy atom. The number of amides is 1. The molecule has 0 aliphatic heterocycles. The van der Waals surface area contributed by atoms with Crippen LogP contribution in [0.25, 0.3) is 10.8 Å². The third kappa shape index (κ3) is 3.48. The molecule has 1 N–H and O–H groups in total. The molecule has 0 spiro atoms. The molecule has 0 unspecified atom stereocenters. The van der Waals surface area contributed by atoms with Crippen molar-refractivity contribution in [1.82, 2.24) is 9.88 Å². The Morgan fingerprint density at radius 2 is 2.13 bits per heavy atom. The summed E-state index contributed by atoms with van der Waals surface area (Å²) >= 11 is 1.43. The third-order valence-electron chi connectivity index (χ3n) is 4.62. The van der Waals surface area contributed by atoms with Crippen LogP contribution in [0.15, 0.2) is 21.9 Å². The molecule has 1 aliphatic rings. The van der Waals surface area contributed by atoms with Crippen LogP contribution >= 0.6 is 11.3 Å². The lowest BCUT2D eigenvalue weighted by Crippen LogP contribution is -2.40. The maximum Gasteiger partial charge on any atom is 0.273 e. The fourth-order valence-corrected chi connectivity index (χ4v) is 3.85. The molecule has 0 radical (unpaired) electrons. The normalized spacial score (nSPS) is 21.3. The molecule has 124 valence electrons. The Hall–Kier alpha value is -1.66. The molecule has 1 fully saturated rings. The highest BCUT2D eigenvalue weighted by Gasteiger charge is 2.28. The number of carbonyl (C=O) groups excluding carboxylic acids is 1. The standard InChI is InChI=1S/C17H22N2O3S/c1-11-3-8-15(22-11)16-18-14(10-23-16)17(21)19(2)13-6-4-12(9-20)5-7-13/h3,8,10,12-13,20H,4-7,9H2,1-2H3. The van der Waals surface area contributed by atoms with Crippen LogP contribution in [0.4, 0.5) is 0 Å². The van der Waals surface area contributed by atoms with Gasteiger partial charge >= 0.3 is 0 Å². The SMILES string of the molecule is Cc1ccc(-c2nc(C(=O)N(C)C3CCC(CO)CC3)cs2)o1.